The Labute approximate surface area is 435 Å². The fourth-order valence-electron chi connectivity index (χ4n) is 8.88. The number of aliphatic carboxylic acids is 1. The fraction of sp³-hybridized carbons (Fsp3) is 0.940. The van der Waals surface area contributed by atoms with Crippen molar-refractivity contribution in [2.75, 3.05) is 39.6 Å². The maximum absolute atomic E-state index is 12.7. The quantitative estimate of drug-likeness (QED) is 0.0308. The molecule has 0 bridgehead atoms. The molecule has 2 rings (SSSR count). The topological polar surface area (TPSA) is 275 Å². The van der Waals surface area contributed by atoms with Crippen molar-refractivity contribution in [2.45, 2.75) is 261 Å². The van der Waals surface area contributed by atoms with Gasteiger partial charge in [-0.2, -0.15) is 0 Å². The molecule has 8 N–H and O–H groups in total. The van der Waals surface area contributed by atoms with Crippen molar-refractivity contribution in [1.82, 2.24) is 10.6 Å². The molecule has 0 aliphatic carbocycles. The molecular formula is C50H93N2NaO16. The summed E-state index contributed by atoms with van der Waals surface area (Å²) in [5.41, 5.74) is 0. The van der Waals surface area contributed by atoms with Gasteiger partial charge in [-0.15, -0.1) is 0 Å². The average molecular weight is 1000 g/mol. The van der Waals surface area contributed by atoms with Gasteiger partial charge in [-0.3, -0.25) is 9.59 Å². The second kappa shape index (κ2) is 39.4. The third-order valence-electron chi connectivity index (χ3n) is 13.0. The summed E-state index contributed by atoms with van der Waals surface area (Å²) in [4.78, 5) is 36.9. The molecule has 19 heteroatoms. The molecule has 2 aliphatic heterocycles. The largest absolute Gasteiger partial charge is 1.00 e. The summed E-state index contributed by atoms with van der Waals surface area (Å²) in [5, 5.41) is 81.5. The van der Waals surface area contributed by atoms with E-state index in [4.69, 9.17) is 28.4 Å². The van der Waals surface area contributed by atoms with Crippen LogP contribution in [-0.2, 0) is 42.8 Å². The summed E-state index contributed by atoms with van der Waals surface area (Å²) >= 11 is 0. The number of carboxylic acids is 1. The van der Waals surface area contributed by atoms with Gasteiger partial charge in [0, 0.05) is 33.5 Å². The predicted octanol–water partition coefficient (Wildman–Crippen LogP) is 0.594. The Morgan fingerprint density at radius 1 is 0.681 bits per heavy atom. The SMILES string of the molecule is CCCCCCCCCCCCCCOC[C@H](CO[C@@H]1O[C@H](CO[C@]2(C(=O)[O-])C[C@H](O)[C@@H](NC(C)=O)[C@H]([C@H](O)[C@H](O)CO)O2)[C@H](O)[C@H](O)[C@H]1NC(C)=O)OCCCCCCCCCCCCCC.[Na+]. The van der Waals surface area contributed by atoms with Gasteiger partial charge in [0.2, 0.25) is 17.6 Å². The third kappa shape index (κ3) is 26.6. The van der Waals surface area contributed by atoms with Crippen molar-refractivity contribution in [3.8, 4) is 0 Å². The monoisotopic (exact) mass is 1000 g/mol. The number of hydrogen-bond acceptors (Lipinski definition) is 16. The van der Waals surface area contributed by atoms with Gasteiger partial charge in [0.1, 0.15) is 54.7 Å². The first-order chi connectivity index (χ1) is 32.7. The zero-order chi connectivity index (χ0) is 50.2. The van der Waals surface area contributed by atoms with Crippen LogP contribution >= 0.6 is 0 Å². The van der Waals surface area contributed by atoms with E-state index in [2.05, 4.69) is 24.5 Å². The van der Waals surface area contributed by atoms with Gasteiger partial charge < -0.3 is 79.6 Å². The number of unbranched alkanes of at least 4 members (excludes halogenated alkanes) is 22. The van der Waals surface area contributed by atoms with E-state index >= 15 is 0 Å². The van der Waals surface area contributed by atoms with Gasteiger partial charge in [0.15, 0.2) is 6.29 Å². The third-order valence-corrected chi connectivity index (χ3v) is 13.0. The number of hydrogen-bond donors (Lipinski definition) is 8. The smallest absolute Gasteiger partial charge is 0.544 e. The molecule has 12 atom stereocenters. The van der Waals surface area contributed by atoms with Gasteiger partial charge in [0.05, 0.1) is 38.6 Å². The van der Waals surface area contributed by atoms with Crippen LogP contribution in [0.1, 0.15) is 188 Å². The molecule has 0 radical (unpaired) electrons. The number of carbonyl (C=O) groups is 3. The molecule has 2 heterocycles. The number of amides is 2. The van der Waals surface area contributed by atoms with E-state index in [-0.39, 0.29) is 42.8 Å². The van der Waals surface area contributed by atoms with Gasteiger partial charge in [-0.1, -0.05) is 155 Å². The van der Waals surface area contributed by atoms with Crippen LogP contribution in [0.3, 0.4) is 0 Å². The Morgan fingerprint density at radius 3 is 1.61 bits per heavy atom. The molecule has 0 aromatic heterocycles. The normalized spacial score (nSPS) is 26.2. The van der Waals surface area contributed by atoms with Gasteiger partial charge in [-0.05, 0) is 12.8 Å². The van der Waals surface area contributed by atoms with Crippen LogP contribution in [0.4, 0.5) is 0 Å². The fourth-order valence-corrected chi connectivity index (χ4v) is 8.88. The summed E-state index contributed by atoms with van der Waals surface area (Å²) < 4.78 is 35.9. The van der Waals surface area contributed by atoms with Crippen LogP contribution in [0.15, 0.2) is 0 Å². The first-order valence-electron chi connectivity index (χ1n) is 26.3. The van der Waals surface area contributed by atoms with Crippen LogP contribution in [0.5, 0.6) is 0 Å². The number of nitrogens with one attached hydrogen (secondary N) is 2. The Morgan fingerprint density at radius 2 is 1.14 bits per heavy atom. The van der Waals surface area contributed by atoms with E-state index in [1.807, 2.05) is 0 Å². The van der Waals surface area contributed by atoms with Crippen molar-refractivity contribution in [3.05, 3.63) is 0 Å². The number of carboxylic acid groups (broad SMARTS) is 1. The number of ether oxygens (including phenoxy) is 6. The first-order valence-corrected chi connectivity index (χ1v) is 26.3. The Kier molecular flexibility index (Phi) is 37.7. The molecule has 2 saturated heterocycles. The summed E-state index contributed by atoms with van der Waals surface area (Å²) in [6, 6.07) is -2.73. The van der Waals surface area contributed by atoms with Crippen molar-refractivity contribution < 1.29 is 108 Å². The van der Waals surface area contributed by atoms with E-state index in [0.29, 0.717) is 13.2 Å². The Hall–Kier alpha value is -1.07. The van der Waals surface area contributed by atoms with Gasteiger partial charge >= 0.3 is 29.6 Å². The van der Waals surface area contributed by atoms with Crippen LogP contribution in [0.2, 0.25) is 0 Å². The Balaban J connectivity index is 0.0000238. The predicted molar refractivity (Wildman–Crippen MR) is 253 cm³/mol. The molecule has 0 saturated carbocycles. The molecule has 0 unspecified atom stereocenters. The summed E-state index contributed by atoms with van der Waals surface area (Å²) in [7, 11) is 0. The maximum atomic E-state index is 12.7. The number of carbonyl (C=O) groups excluding carboxylic acids is 3. The average Bonchev–Trinajstić information content (AvgIpc) is 3.30. The molecule has 2 fully saturated rings. The molecule has 69 heavy (non-hydrogen) atoms. The van der Waals surface area contributed by atoms with Crippen molar-refractivity contribution >= 4 is 17.8 Å². The number of aliphatic hydroxyl groups excluding tert-OH is 6. The van der Waals surface area contributed by atoms with Crippen LogP contribution in [-0.4, -0.2) is 161 Å². The van der Waals surface area contributed by atoms with Crippen LogP contribution in [0, 0.1) is 0 Å². The minimum atomic E-state index is -2.84. The van der Waals surface area contributed by atoms with Crippen molar-refractivity contribution in [2.24, 2.45) is 0 Å². The second-order valence-electron chi connectivity index (χ2n) is 19.1. The van der Waals surface area contributed by atoms with Gasteiger partial charge in [0.25, 0.3) is 0 Å². The molecule has 18 nitrogen and oxygen atoms in total. The van der Waals surface area contributed by atoms with E-state index in [1.165, 1.54) is 122 Å². The van der Waals surface area contributed by atoms with Crippen LogP contribution in [0.25, 0.3) is 0 Å². The summed E-state index contributed by atoms with van der Waals surface area (Å²) in [6.07, 6.45) is 13.9. The molecule has 0 aromatic carbocycles. The first kappa shape index (κ1) is 65.9. The molecule has 400 valence electrons. The molecule has 2 aliphatic rings. The maximum Gasteiger partial charge on any atom is 1.00 e. The van der Waals surface area contributed by atoms with E-state index in [9.17, 15) is 50.1 Å². The molecular weight excluding hydrogens is 908 g/mol. The van der Waals surface area contributed by atoms with E-state index < -0.39 is 110 Å². The van der Waals surface area contributed by atoms with E-state index in [1.54, 1.807) is 0 Å². The number of aliphatic hydroxyl groups is 6. The zero-order valence-electron chi connectivity index (χ0n) is 43.0. The molecule has 2 amide bonds. The standard InChI is InChI=1S/C50H94N2O16.Na/c1-5-7-9-11-13-15-17-19-21-23-25-27-29-63-33-38(64-30-28-26-24-22-20-18-16-14-12-10-8-6-2)34-65-48-43(52-37(4)55)46(60)45(59)41(67-48)35-66-50(49(61)62)31-39(56)42(51-36(3)54)47(68-50)44(58)40(57)32-53;/h38-48,53,56-60H,5-35H2,1-4H3,(H,51,54)(H,52,55)(H,61,62);/q;+1/p-1/t38-,39+,40-,41-,42-,43-,44-,45+,46-,47-,48-,50-;/m1./s1. The zero-order valence-corrected chi connectivity index (χ0v) is 45.0. The van der Waals surface area contributed by atoms with Crippen LogP contribution < -0.4 is 45.3 Å². The minimum absolute atomic E-state index is 0. The second-order valence-corrected chi connectivity index (χ2v) is 19.1. The summed E-state index contributed by atoms with van der Waals surface area (Å²) in [6.45, 7) is 6.11. The minimum Gasteiger partial charge on any atom is -0.544 e. The van der Waals surface area contributed by atoms with E-state index in [0.717, 1.165) is 45.4 Å². The van der Waals surface area contributed by atoms with Crippen molar-refractivity contribution in [1.29, 1.82) is 0 Å². The molecule has 0 aromatic rings. The van der Waals surface area contributed by atoms with Crippen molar-refractivity contribution in [3.63, 3.8) is 0 Å². The Bertz CT molecular complexity index is 1330. The van der Waals surface area contributed by atoms with Gasteiger partial charge in [-0.25, -0.2) is 0 Å². The summed E-state index contributed by atoms with van der Waals surface area (Å²) in [5.74, 6) is -6.08. The number of rotatable bonds is 41. The molecule has 0 spiro atoms.